The summed E-state index contributed by atoms with van der Waals surface area (Å²) in [6.07, 6.45) is 6.98. The van der Waals surface area contributed by atoms with Crippen LogP contribution in [0, 0.1) is 11.8 Å². The first-order valence-electron chi connectivity index (χ1n) is 14.2. The molecule has 218 valence electrons. The average molecular weight is 567 g/mol. The summed E-state index contributed by atoms with van der Waals surface area (Å²) in [6.45, 7) is 6.57. The summed E-state index contributed by atoms with van der Waals surface area (Å²) in [7, 11) is 4.15. The minimum absolute atomic E-state index is 0.127. The number of aromatic nitrogens is 2. The molecule has 3 aromatic rings. The number of hydrogen-bond acceptors (Lipinski definition) is 9. The number of anilines is 3. The number of fused-ring (bicyclic) bond motifs is 7. The highest BCUT2D eigenvalue weighted by molar-refractivity contribution is 5.93. The summed E-state index contributed by atoms with van der Waals surface area (Å²) in [4.78, 5) is 25.2. The zero-order chi connectivity index (χ0) is 29.3. The first-order valence-corrected chi connectivity index (χ1v) is 14.2. The molecule has 1 saturated heterocycles. The molecule has 0 saturated carbocycles. The number of amides is 1. The van der Waals surface area contributed by atoms with Crippen molar-refractivity contribution in [1.82, 2.24) is 29.8 Å². The van der Waals surface area contributed by atoms with E-state index in [0.717, 1.165) is 61.0 Å². The van der Waals surface area contributed by atoms with Crippen molar-refractivity contribution >= 4 is 23.2 Å². The molecule has 6 bridgehead atoms. The second-order valence-electron chi connectivity index (χ2n) is 10.5. The number of benzene rings is 2. The number of nitrogens with zero attached hydrogens (tertiary/aromatic N) is 6. The minimum Gasteiger partial charge on any atom is -0.493 e. The molecule has 2 aliphatic heterocycles. The maximum absolute atomic E-state index is 11.9. The number of nitrogens with one attached hydrogen (secondary N) is 2. The zero-order valence-electron chi connectivity index (χ0n) is 24.5. The van der Waals surface area contributed by atoms with Gasteiger partial charge in [-0.05, 0) is 68.3 Å². The number of rotatable bonds is 5. The van der Waals surface area contributed by atoms with E-state index in [1.807, 2.05) is 37.4 Å². The van der Waals surface area contributed by atoms with Gasteiger partial charge in [0.1, 0.15) is 5.75 Å². The molecule has 3 heterocycles. The van der Waals surface area contributed by atoms with E-state index < -0.39 is 0 Å². The summed E-state index contributed by atoms with van der Waals surface area (Å²) >= 11 is 0. The lowest BCUT2D eigenvalue weighted by molar-refractivity contribution is -0.174. The fourth-order valence-electron chi connectivity index (χ4n) is 4.79. The lowest BCUT2D eigenvalue weighted by atomic mass is 10.1. The summed E-state index contributed by atoms with van der Waals surface area (Å²) in [6, 6.07) is 16.3. The first-order chi connectivity index (χ1) is 20.5. The number of carbonyl (C=O) groups is 1. The van der Waals surface area contributed by atoms with Gasteiger partial charge in [0.05, 0.1) is 25.6 Å². The number of likely N-dealkylation sites (N-methyl/N-ethyl adjacent to an activating group) is 2. The number of hydrazine groups is 1. The van der Waals surface area contributed by atoms with Crippen molar-refractivity contribution in [3.63, 3.8) is 0 Å². The van der Waals surface area contributed by atoms with E-state index in [4.69, 9.17) is 9.72 Å². The number of carbonyl (C=O) groups excluding carboxylic acids is 1. The van der Waals surface area contributed by atoms with Gasteiger partial charge in [0.15, 0.2) is 0 Å². The second-order valence-corrected chi connectivity index (χ2v) is 10.5. The molecule has 0 aliphatic carbocycles. The predicted molar refractivity (Wildman–Crippen MR) is 166 cm³/mol. The third-order valence-electron chi connectivity index (χ3n) is 7.06. The van der Waals surface area contributed by atoms with Crippen LogP contribution in [0.4, 0.5) is 17.3 Å². The topological polar surface area (TPSA) is 89.1 Å². The van der Waals surface area contributed by atoms with Crippen LogP contribution in [0.15, 0.2) is 66.9 Å². The molecule has 1 aromatic heterocycles. The molecule has 2 N–H and O–H groups in total. The summed E-state index contributed by atoms with van der Waals surface area (Å²) in [5.41, 5.74) is 4.90. The SMILES string of the molecule is CC#CC(=O)N1CN(N(C)CCNc2cc3cc(c2)Nc2nccc(n2)-c2cccc(c2)OCC/C=C/CN(C)C3)C1. The van der Waals surface area contributed by atoms with Gasteiger partial charge in [-0.15, -0.1) is 0 Å². The van der Waals surface area contributed by atoms with Crippen LogP contribution < -0.4 is 15.4 Å². The third kappa shape index (κ3) is 7.85. The molecule has 0 spiro atoms. The maximum Gasteiger partial charge on any atom is 0.300 e. The highest BCUT2D eigenvalue weighted by atomic mass is 16.5. The highest BCUT2D eigenvalue weighted by Gasteiger charge is 2.29. The third-order valence-corrected chi connectivity index (χ3v) is 7.06. The van der Waals surface area contributed by atoms with Crippen LogP contribution in [0.25, 0.3) is 11.3 Å². The summed E-state index contributed by atoms with van der Waals surface area (Å²) < 4.78 is 5.97. The van der Waals surface area contributed by atoms with Crippen LogP contribution in [-0.2, 0) is 11.3 Å². The molecule has 2 aliphatic rings. The Morgan fingerprint density at radius 3 is 2.90 bits per heavy atom. The molecule has 0 unspecified atom stereocenters. The Kier molecular flexibility index (Phi) is 9.66. The van der Waals surface area contributed by atoms with Gasteiger partial charge in [0.25, 0.3) is 0 Å². The zero-order valence-corrected chi connectivity index (χ0v) is 24.5. The van der Waals surface area contributed by atoms with Crippen molar-refractivity contribution in [2.24, 2.45) is 0 Å². The quantitative estimate of drug-likeness (QED) is 0.351. The fraction of sp³-hybridized carbons (Fsp3) is 0.344. The largest absolute Gasteiger partial charge is 0.493 e. The van der Waals surface area contributed by atoms with Crippen LogP contribution in [0.3, 0.4) is 0 Å². The Morgan fingerprint density at radius 2 is 2.05 bits per heavy atom. The van der Waals surface area contributed by atoms with Crippen molar-refractivity contribution in [1.29, 1.82) is 0 Å². The van der Waals surface area contributed by atoms with Crippen molar-refractivity contribution in [3.8, 4) is 28.8 Å². The Morgan fingerprint density at radius 1 is 1.17 bits per heavy atom. The van der Waals surface area contributed by atoms with Gasteiger partial charge < -0.3 is 20.3 Å². The lowest BCUT2D eigenvalue weighted by Crippen LogP contribution is -2.63. The molecule has 1 amide bonds. The number of hydrogen-bond donors (Lipinski definition) is 2. The smallest absolute Gasteiger partial charge is 0.300 e. The van der Waals surface area contributed by atoms with E-state index in [2.05, 4.69) is 79.8 Å². The minimum atomic E-state index is -0.127. The van der Waals surface area contributed by atoms with Crippen LogP contribution in [0.2, 0.25) is 0 Å². The Balaban J connectivity index is 1.30. The van der Waals surface area contributed by atoms with E-state index in [-0.39, 0.29) is 5.91 Å². The summed E-state index contributed by atoms with van der Waals surface area (Å²) in [5, 5.41) is 11.2. The van der Waals surface area contributed by atoms with Crippen LogP contribution in [-0.4, -0.2) is 89.4 Å². The van der Waals surface area contributed by atoms with Crippen molar-refractivity contribution < 1.29 is 9.53 Å². The van der Waals surface area contributed by atoms with E-state index in [1.54, 1.807) is 18.0 Å². The fourth-order valence-corrected chi connectivity index (χ4v) is 4.79. The molecule has 10 heteroatoms. The van der Waals surface area contributed by atoms with Crippen LogP contribution in [0.5, 0.6) is 5.75 Å². The molecule has 2 aromatic carbocycles. The van der Waals surface area contributed by atoms with Gasteiger partial charge in [-0.2, -0.15) is 0 Å². The maximum atomic E-state index is 11.9. The van der Waals surface area contributed by atoms with Crippen molar-refractivity contribution in [2.45, 2.75) is 19.9 Å². The van der Waals surface area contributed by atoms with Crippen LogP contribution in [0.1, 0.15) is 18.9 Å². The van der Waals surface area contributed by atoms with Gasteiger partial charge in [0.2, 0.25) is 5.95 Å². The van der Waals surface area contributed by atoms with E-state index >= 15 is 0 Å². The average Bonchev–Trinajstić information content (AvgIpc) is 2.94. The van der Waals surface area contributed by atoms with Gasteiger partial charge in [0, 0.05) is 56.4 Å². The normalized spacial score (nSPS) is 16.5. The van der Waals surface area contributed by atoms with E-state index in [0.29, 0.717) is 25.9 Å². The van der Waals surface area contributed by atoms with Gasteiger partial charge in [-0.25, -0.2) is 20.0 Å². The van der Waals surface area contributed by atoms with Crippen molar-refractivity contribution in [3.05, 3.63) is 72.4 Å². The molecule has 42 heavy (non-hydrogen) atoms. The first kappa shape index (κ1) is 29.1. The molecule has 0 radical (unpaired) electrons. The monoisotopic (exact) mass is 566 g/mol. The molecule has 5 rings (SSSR count). The molecule has 0 atom stereocenters. The molecule has 10 nitrogen and oxygen atoms in total. The van der Waals surface area contributed by atoms with Gasteiger partial charge >= 0.3 is 5.91 Å². The van der Waals surface area contributed by atoms with Gasteiger partial charge in [-0.1, -0.05) is 30.2 Å². The number of ether oxygens (including phenoxy) is 1. The Hall–Kier alpha value is -4.43. The van der Waals surface area contributed by atoms with Crippen molar-refractivity contribution in [2.75, 3.05) is 64.3 Å². The second kappa shape index (κ2) is 14.0. The standard InChI is InChI=1S/C32H38N8O2/c1-4-9-31(41)39-23-40(24-39)38(3)16-14-33-27-18-25-19-28(21-27)35-32-34-13-12-30(36-32)26-10-8-11-29(20-26)42-17-7-5-6-15-37(2)22-25/h5-6,8,10-13,18-21,33H,7,14-17,22-24H2,1-3H3,(H,34,35,36)/b6-5+. The van der Waals surface area contributed by atoms with Crippen LogP contribution >= 0.6 is 0 Å². The molecular weight excluding hydrogens is 528 g/mol. The highest BCUT2D eigenvalue weighted by Crippen LogP contribution is 2.26. The van der Waals surface area contributed by atoms with Gasteiger partial charge in [-0.3, -0.25) is 9.69 Å². The lowest BCUT2D eigenvalue weighted by Gasteiger charge is -2.45. The molecule has 1 fully saturated rings. The predicted octanol–water partition coefficient (Wildman–Crippen LogP) is 4.00. The summed E-state index contributed by atoms with van der Waals surface area (Å²) in [5.74, 6) is 6.49. The Labute approximate surface area is 248 Å². The molecular formula is C32H38N8O2. The Bertz CT molecular complexity index is 1470. The van der Waals surface area contributed by atoms with E-state index in [9.17, 15) is 4.79 Å². The van der Waals surface area contributed by atoms with E-state index in [1.165, 1.54) is 5.56 Å².